The first kappa shape index (κ1) is 21.6. The van der Waals surface area contributed by atoms with Crippen LogP contribution in [0.5, 0.6) is 0 Å². The monoisotopic (exact) mass is 350 g/mol. The number of rotatable bonds is 15. The fourth-order valence-corrected chi connectivity index (χ4v) is 3.57. The van der Waals surface area contributed by atoms with Gasteiger partial charge in [0, 0.05) is 0 Å². The standard InChI is InChI=1S/C16H30O4S2/c1-19-15(17)13-21-11-9-7-5-3-4-6-8-10-12-22-14-16(18)20-2/h3-14H2,1-2H3. The second-order valence-corrected chi connectivity index (χ2v) is 7.30. The molecule has 0 heterocycles. The van der Waals surface area contributed by atoms with Crippen LogP contribution in [-0.2, 0) is 19.1 Å². The molecule has 0 aliphatic heterocycles. The molecule has 0 radical (unpaired) electrons. The van der Waals surface area contributed by atoms with Gasteiger partial charge in [-0.15, -0.1) is 0 Å². The van der Waals surface area contributed by atoms with Crippen molar-refractivity contribution < 1.29 is 19.1 Å². The molecule has 0 amide bonds. The number of carbonyl (C=O) groups is 2. The molecule has 0 bridgehead atoms. The van der Waals surface area contributed by atoms with Gasteiger partial charge in [0.15, 0.2) is 0 Å². The van der Waals surface area contributed by atoms with Gasteiger partial charge in [-0.2, -0.15) is 23.5 Å². The van der Waals surface area contributed by atoms with Crippen molar-refractivity contribution in [3.63, 3.8) is 0 Å². The van der Waals surface area contributed by atoms with Gasteiger partial charge in [0.1, 0.15) is 0 Å². The lowest BCUT2D eigenvalue weighted by Crippen LogP contribution is -2.03. The van der Waals surface area contributed by atoms with Gasteiger partial charge >= 0.3 is 11.9 Å². The van der Waals surface area contributed by atoms with Crippen molar-refractivity contribution in [1.29, 1.82) is 0 Å². The first-order chi connectivity index (χ1) is 10.7. The van der Waals surface area contributed by atoms with Gasteiger partial charge in [0.25, 0.3) is 0 Å². The van der Waals surface area contributed by atoms with E-state index in [0.29, 0.717) is 11.5 Å². The summed E-state index contributed by atoms with van der Waals surface area (Å²) in [5.74, 6) is 2.79. The number of methoxy groups -OCH3 is 2. The van der Waals surface area contributed by atoms with Crippen LogP contribution in [0.3, 0.4) is 0 Å². The molecule has 130 valence electrons. The van der Waals surface area contributed by atoms with Crippen LogP contribution in [0.15, 0.2) is 0 Å². The molecule has 0 aromatic rings. The Balaban J connectivity index is 3.05. The van der Waals surface area contributed by atoms with Crippen molar-refractivity contribution in [3.05, 3.63) is 0 Å². The topological polar surface area (TPSA) is 52.6 Å². The third-order valence-electron chi connectivity index (χ3n) is 3.22. The van der Waals surface area contributed by atoms with Crippen molar-refractivity contribution in [2.45, 2.75) is 51.4 Å². The predicted octanol–water partition coefficient (Wildman–Crippen LogP) is 3.92. The largest absolute Gasteiger partial charge is 0.468 e. The van der Waals surface area contributed by atoms with E-state index in [1.165, 1.54) is 65.6 Å². The lowest BCUT2D eigenvalue weighted by atomic mass is 10.1. The minimum atomic E-state index is -0.130. The van der Waals surface area contributed by atoms with E-state index in [-0.39, 0.29) is 11.9 Å². The first-order valence-electron chi connectivity index (χ1n) is 7.99. The highest BCUT2D eigenvalue weighted by molar-refractivity contribution is 8.00. The van der Waals surface area contributed by atoms with Crippen molar-refractivity contribution in [2.24, 2.45) is 0 Å². The Kier molecular flexibility index (Phi) is 16.7. The molecule has 0 saturated heterocycles. The molecule has 0 rings (SSSR count). The summed E-state index contributed by atoms with van der Waals surface area (Å²) in [5.41, 5.74) is 0. The third-order valence-corrected chi connectivity index (χ3v) is 5.26. The SMILES string of the molecule is COC(=O)CSCCCCCCCCCCSCC(=O)OC. The van der Waals surface area contributed by atoms with Crippen LogP contribution in [0.1, 0.15) is 51.4 Å². The summed E-state index contributed by atoms with van der Waals surface area (Å²) in [6.45, 7) is 0. The number of carbonyl (C=O) groups excluding carboxylic acids is 2. The highest BCUT2D eigenvalue weighted by Gasteiger charge is 2.00. The summed E-state index contributed by atoms with van der Waals surface area (Å²) < 4.78 is 9.18. The number of hydrogen-bond acceptors (Lipinski definition) is 6. The van der Waals surface area contributed by atoms with Crippen molar-refractivity contribution in [3.8, 4) is 0 Å². The second-order valence-electron chi connectivity index (χ2n) is 5.09. The minimum Gasteiger partial charge on any atom is -0.468 e. The Bertz CT molecular complexity index is 257. The van der Waals surface area contributed by atoms with Crippen LogP contribution in [0.2, 0.25) is 0 Å². The van der Waals surface area contributed by atoms with E-state index in [9.17, 15) is 9.59 Å². The van der Waals surface area contributed by atoms with Crippen LogP contribution < -0.4 is 0 Å². The fourth-order valence-electron chi connectivity index (χ4n) is 1.90. The molecular formula is C16H30O4S2. The second kappa shape index (κ2) is 17.0. The Morgan fingerprint density at radius 2 is 0.955 bits per heavy atom. The Morgan fingerprint density at radius 3 is 1.27 bits per heavy atom. The molecule has 0 fully saturated rings. The summed E-state index contributed by atoms with van der Waals surface area (Å²) in [7, 11) is 2.86. The molecule has 0 aliphatic rings. The fraction of sp³-hybridized carbons (Fsp3) is 0.875. The van der Waals surface area contributed by atoms with E-state index in [0.717, 1.165) is 11.5 Å². The molecule has 6 heteroatoms. The van der Waals surface area contributed by atoms with E-state index in [1.54, 1.807) is 23.5 Å². The third kappa shape index (κ3) is 16.0. The number of thioether (sulfide) groups is 2. The van der Waals surface area contributed by atoms with Gasteiger partial charge in [-0.25, -0.2) is 0 Å². The molecule has 0 atom stereocenters. The molecule has 0 saturated carbocycles. The predicted molar refractivity (Wildman–Crippen MR) is 95.6 cm³/mol. The lowest BCUT2D eigenvalue weighted by molar-refractivity contribution is -0.138. The number of unbranched alkanes of at least 4 members (excludes halogenated alkanes) is 7. The molecule has 0 spiro atoms. The molecule has 0 aliphatic carbocycles. The summed E-state index contributed by atoms with van der Waals surface area (Å²) in [6, 6.07) is 0. The average Bonchev–Trinajstić information content (AvgIpc) is 2.54. The molecule has 0 aromatic heterocycles. The first-order valence-corrected chi connectivity index (χ1v) is 10.3. The van der Waals surface area contributed by atoms with E-state index in [2.05, 4.69) is 9.47 Å². The zero-order valence-corrected chi connectivity index (χ0v) is 15.6. The van der Waals surface area contributed by atoms with E-state index < -0.39 is 0 Å². The molecule has 22 heavy (non-hydrogen) atoms. The smallest absolute Gasteiger partial charge is 0.315 e. The number of hydrogen-bond donors (Lipinski definition) is 0. The Morgan fingerprint density at radius 1 is 0.636 bits per heavy atom. The van der Waals surface area contributed by atoms with Gasteiger partial charge < -0.3 is 9.47 Å². The highest BCUT2D eigenvalue weighted by Crippen LogP contribution is 2.13. The Hall–Kier alpha value is -0.360. The van der Waals surface area contributed by atoms with Gasteiger partial charge in [0.2, 0.25) is 0 Å². The molecule has 4 nitrogen and oxygen atoms in total. The van der Waals surface area contributed by atoms with Crippen LogP contribution in [0, 0.1) is 0 Å². The molecule has 0 unspecified atom stereocenters. The van der Waals surface area contributed by atoms with Gasteiger partial charge in [0.05, 0.1) is 25.7 Å². The molecule has 0 aromatic carbocycles. The van der Waals surface area contributed by atoms with Gasteiger partial charge in [-0.05, 0) is 24.3 Å². The average molecular weight is 351 g/mol. The zero-order valence-electron chi connectivity index (χ0n) is 13.9. The summed E-state index contributed by atoms with van der Waals surface area (Å²) in [5, 5.41) is 0. The van der Waals surface area contributed by atoms with Crippen LogP contribution in [0.25, 0.3) is 0 Å². The number of ether oxygens (including phenoxy) is 2. The summed E-state index contributed by atoms with van der Waals surface area (Å²) in [6.07, 6.45) is 10.1. The van der Waals surface area contributed by atoms with Crippen molar-refractivity contribution >= 4 is 35.5 Å². The molecular weight excluding hydrogens is 320 g/mol. The maximum atomic E-state index is 10.9. The normalized spacial score (nSPS) is 10.5. The van der Waals surface area contributed by atoms with E-state index >= 15 is 0 Å². The van der Waals surface area contributed by atoms with Gasteiger partial charge in [-0.3, -0.25) is 9.59 Å². The zero-order chi connectivity index (χ0) is 16.5. The molecule has 0 N–H and O–H groups in total. The maximum Gasteiger partial charge on any atom is 0.315 e. The maximum absolute atomic E-state index is 10.9. The number of esters is 2. The van der Waals surface area contributed by atoms with Crippen LogP contribution in [-0.4, -0.2) is 49.2 Å². The van der Waals surface area contributed by atoms with Crippen molar-refractivity contribution in [1.82, 2.24) is 0 Å². The minimum absolute atomic E-state index is 0.130. The van der Waals surface area contributed by atoms with E-state index in [1.807, 2.05) is 0 Å². The van der Waals surface area contributed by atoms with Gasteiger partial charge in [-0.1, -0.05) is 38.5 Å². The Labute approximate surface area is 143 Å². The quantitative estimate of drug-likeness (QED) is 0.330. The summed E-state index contributed by atoms with van der Waals surface area (Å²) in [4.78, 5) is 21.8. The summed E-state index contributed by atoms with van der Waals surface area (Å²) >= 11 is 3.32. The lowest BCUT2D eigenvalue weighted by Gasteiger charge is -2.03. The highest BCUT2D eigenvalue weighted by atomic mass is 32.2. The van der Waals surface area contributed by atoms with Crippen LogP contribution >= 0.6 is 23.5 Å². The van der Waals surface area contributed by atoms with E-state index in [4.69, 9.17) is 0 Å². The van der Waals surface area contributed by atoms with Crippen molar-refractivity contribution in [2.75, 3.05) is 37.2 Å². The van der Waals surface area contributed by atoms with Crippen LogP contribution in [0.4, 0.5) is 0 Å².